The summed E-state index contributed by atoms with van der Waals surface area (Å²) in [6, 6.07) is 0.614. The van der Waals surface area contributed by atoms with Crippen LogP contribution in [0.4, 0.5) is 4.79 Å². The Kier molecular flexibility index (Phi) is 13.5. The summed E-state index contributed by atoms with van der Waals surface area (Å²) in [6.07, 6.45) is 8.18. The summed E-state index contributed by atoms with van der Waals surface area (Å²) < 4.78 is 5.33. The number of nitrogens with one attached hydrogen (secondary N) is 3. The van der Waals surface area contributed by atoms with Gasteiger partial charge in [0.2, 0.25) is 0 Å². The number of nitrogens with zero attached hydrogens (tertiary/aromatic N) is 1. The van der Waals surface area contributed by atoms with Crippen LogP contribution in [0.15, 0.2) is 4.99 Å². The van der Waals surface area contributed by atoms with Crippen molar-refractivity contribution in [3.8, 4) is 0 Å². The van der Waals surface area contributed by atoms with Gasteiger partial charge in [0.05, 0.1) is 0 Å². The third-order valence-electron chi connectivity index (χ3n) is 4.08. The van der Waals surface area contributed by atoms with Crippen LogP contribution in [0.3, 0.4) is 0 Å². The van der Waals surface area contributed by atoms with Gasteiger partial charge in [-0.2, -0.15) is 11.8 Å². The maximum atomic E-state index is 11.8. The second kappa shape index (κ2) is 13.7. The molecule has 0 aromatic heterocycles. The first-order valence-electron chi connectivity index (χ1n) is 9.29. The second-order valence-corrected chi connectivity index (χ2v) is 8.52. The Labute approximate surface area is 180 Å². The highest BCUT2D eigenvalue weighted by Gasteiger charge is 2.25. The van der Waals surface area contributed by atoms with Crippen LogP contribution in [-0.2, 0) is 4.74 Å². The van der Waals surface area contributed by atoms with Crippen molar-refractivity contribution >= 4 is 47.8 Å². The molecule has 1 fully saturated rings. The molecule has 0 spiro atoms. The molecular weight excluding hydrogens is 463 g/mol. The van der Waals surface area contributed by atoms with Gasteiger partial charge in [0, 0.05) is 25.7 Å². The van der Waals surface area contributed by atoms with E-state index in [0.717, 1.165) is 44.6 Å². The van der Waals surface area contributed by atoms with E-state index in [1.807, 2.05) is 39.6 Å². The third-order valence-corrected chi connectivity index (χ3v) is 4.78. The largest absolute Gasteiger partial charge is 0.444 e. The van der Waals surface area contributed by atoms with E-state index in [1.165, 1.54) is 12.2 Å². The van der Waals surface area contributed by atoms with Crippen molar-refractivity contribution in [2.45, 2.75) is 77.0 Å². The fourth-order valence-corrected chi connectivity index (χ4v) is 3.32. The summed E-state index contributed by atoms with van der Waals surface area (Å²) in [5, 5.41) is 9.86. The fourth-order valence-electron chi connectivity index (χ4n) is 2.82. The highest BCUT2D eigenvalue weighted by atomic mass is 127. The van der Waals surface area contributed by atoms with Crippen molar-refractivity contribution < 1.29 is 9.53 Å². The molecular formula is C18H37IN4O2S. The minimum atomic E-state index is -0.448. The number of unbranched alkanes of at least 4 members (excludes halogenated alkanes) is 1. The highest BCUT2D eigenvalue weighted by molar-refractivity contribution is 14.0. The number of alkyl carbamates (subject to hydrolysis) is 1. The standard InChI is InChI=1S/C18H36N4O2S.HI/c1-18(2,3)24-17(23)22-15-10-8-14(9-11-15)21-16(19-4)20-12-6-7-13-25-5;/h14-15H,6-13H2,1-5H3,(H,22,23)(H2,19,20,21);1H. The topological polar surface area (TPSA) is 74.8 Å². The van der Waals surface area contributed by atoms with Crippen LogP contribution in [-0.4, -0.2) is 55.3 Å². The molecule has 0 saturated heterocycles. The molecule has 1 amide bonds. The molecule has 154 valence electrons. The molecule has 26 heavy (non-hydrogen) atoms. The van der Waals surface area contributed by atoms with Gasteiger partial charge < -0.3 is 20.7 Å². The van der Waals surface area contributed by atoms with Crippen LogP contribution in [0.1, 0.15) is 59.3 Å². The van der Waals surface area contributed by atoms with E-state index < -0.39 is 5.60 Å². The zero-order valence-electron chi connectivity index (χ0n) is 16.9. The lowest BCUT2D eigenvalue weighted by Crippen LogP contribution is -2.48. The van der Waals surface area contributed by atoms with E-state index in [4.69, 9.17) is 4.74 Å². The molecule has 1 rings (SSSR count). The maximum Gasteiger partial charge on any atom is 0.407 e. The Bertz CT molecular complexity index is 422. The highest BCUT2D eigenvalue weighted by Crippen LogP contribution is 2.19. The van der Waals surface area contributed by atoms with Crippen molar-refractivity contribution in [3.63, 3.8) is 0 Å². The van der Waals surface area contributed by atoms with E-state index in [2.05, 4.69) is 27.2 Å². The van der Waals surface area contributed by atoms with Gasteiger partial charge in [0.15, 0.2) is 5.96 Å². The zero-order chi connectivity index (χ0) is 18.7. The van der Waals surface area contributed by atoms with Gasteiger partial charge in [-0.1, -0.05) is 0 Å². The third kappa shape index (κ3) is 12.1. The van der Waals surface area contributed by atoms with Crippen LogP contribution < -0.4 is 16.0 Å². The number of ether oxygens (including phenoxy) is 1. The van der Waals surface area contributed by atoms with Crippen LogP contribution >= 0.6 is 35.7 Å². The summed E-state index contributed by atoms with van der Waals surface area (Å²) in [5.74, 6) is 2.09. The molecule has 1 saturated carbocycles. The average Bonchev–Trinajstić information content (AvgIpc) is 2.53. The molecule has 1 aliphatic carbocycles. The predicted octanol–water partition coefficient (Wildman–Crippen LogP) is 3.75. The smallest absolute Gasteiger partial charge is 0.407 e. The molecule has 0 atom stereocenters. The van der Waals surface area contributed by atoms with Gasteiger partial charge >= 0.3 is 6.09 Å². The lowest BCUT2D eigenvalue weighted by atomic mass is 9.91. The molecule has 0 aromatic carbocycles. The number of aliphatic imine (C=N–C) groups is 1. The monoisotopic (exact) mass is 500 g/mol. The van der Waals surface area contributed by atoms with E-state index >= 15 is 0 Å². The minimum Gasteiger partial charge on any atom is -0.444 e. The number of guanidine groups is 1. The van der Waals surface area contributed by atoms with Crippen LogP contribution in [0.5, 0.6) is 0 Å². The number of hydrogen-bond acceptors (Lipinski definition) is 4. The molecule has 0 unspecified atom stereocenters. The number of thioether (sulfide) groups is 1. The summed E-state index contributed by atoms with van der Waals surface area (Å²) in [6.45, 7) is 6.60. The van der Waals surface area contributed by atoms with Crippen molar-refractivity contribution in [2.24, 2.45) is 4.99 Å². The van der Waals surface area contributed by atoms with Gasteiger partial charge in [-0.05, 0) is 71.3 Å². The first-order chi connectivity index (χ1) is 11.8. The lowest BCUT2D eigenvalue weighted by Gasteiger charge is -2.31. The van der Waals surface area contributed by atoms with Gasteiger partial charge in [-0.3, -0.25) is 4.99 Å². The van der Waals surface area contributed by atoms with Gasteiger partial charge in [0.25, 0.3) is 0 Å². The molecule has 0 radical (unpaired) electrons. The van der Waals surface area contributed by atoms with Crippen molar-refractivity contribution in [1.29, 1.82) is 0 Å². The Hall–Kier alpha value is -0.380. The first-order valence-corrected chi connectivity index (χ1v) is 10.7. The van der Waals surface area contributed by atoms with E-state index in [-0.39, 0.29) is 36.1 Å². The van der Waals surface area contributed by atoms with E-state index in [1.54, 1.807) is 0 Å². The summed E-state index contributed by atoms with van der Waals surface area (Å²) in [5.41, 5.74) is -0.448. The normalized spacial score (nSPS) is 20.7. The number of amides is 1. The maximum absolute atomic E-state index is 11.8. The van der Waals surface area contributed by atoms with Crippen molar-refractivity contribution in [1.82, 2.24) is 16.0 Å². The Morgan fingerprint density at radius 1 is 1.12 bits per heavy atom. The lowest BCUT2D eigenvalue weighted by molar-refractivity contribution is 0.0490. The number of rotatable bonds is 7. The van der Waals surface area contributed by atoms with E-state index in [0.29, 0.717) is 6.04 Å². The van der Waals surface area contributed by atoms with Crippen LogP contribution in [0.25, 0.3) is 0 Å². The summed E-state index contributed by atoms with van der Waals surface area (Å²) in [7, 11) is 1.81. The predicted molar refractivity (Wildman–Crippen MR) is 123 cm³/mol. The molecule has 0 heterocycles. The number of carbonyl (C=O) groups is 1. The summed E-state index contributed by atoms with van der Waals surface area (Å²) in [4.78, 5) is 16.2. The SMILES string of the molecule is CN=C(NCCCCSC)NC1CCC(NC(=O)OC(C)(C)C)CC1.I. The van der Waals surface area contributed by atoms with Gasteiger partial charge in [-0.15, -0.1) is 24.0 Å². The fraction of sp³-hybridized carbons (Fsp3) is 0.889. The quantitative estimate of drug-likeness (QED) is 0.215. The zero-order valence-corrected chi connectivity index (χ0v) is 20.0. The van der Waals surface area contributed by atoms with Crippen molar-refractivity contribution in [3.05, 3.63) is 0 Å². The molecule has 1 aliphatic rings. The Balaban J connectivity index is 0.00000625. The van der Waals surface area contributed by atoms with Crippen LogP contribution in [0, 0.1) is 0 Å². The Morgan fingerprint density at radius 3 is 2.19 bits per heavy atom. The summed E-state index contributed by atoms with van der Waals surface area (Å²) >= 11 is 1.89. The molecule has 0 bridgehead atoms. The molecule has 0 aromatic rings. The van der Waals surface area contributed by atoms with Gasteiger partial charge in [-0.25, -0.2) is 4.79 Å². The average molecular weight is 500 g/mol. The molecule has 3 N–H and O–H groups in total. The first kappa shape index (κ1) is 25.6. The molecule has 8 heteroatoms. The second-order valence-electron chi connectivity index (χ2n) is 7.54. The number of carbonyl (C=O) groups excluding carboxylic acids is 1. The van der Waals surface area contributed by atoms with E-state index in [9.17, 15) is 4.79 Å². The number of hydrogen-bond donors (Lipinski definition) is 3. The van der Waals surface area contributed by atoms with Crippen molar-refractivity contribution in [2.75, 3.05) is 25.6 Å². The number of halogens is 1. The van der Waals surface area contributed by atoms with Gasteiger partial charge in [0.1, 0.15) is 5.60 Å². The molecule has 0 aliphatic heterocycles. The molecule has 6 nitrogen and oxygen atoms in total. The minimum absolute atomic E-state index is 0. The Morgan fingerprint density at radius 2 is 1.69 bits per heavy atom. The van der Waals surface area contributed by atoms with Crippen LogP contribution in [0.2, 0.25) is 0 Å².